The summed E-state index contributed by atoms with van der Waals surface area (Å²) in [6.07, 6.45) is -0.537. The van der Waals surface area contributed by atoms with Crippen LogP contribution in [0.1, 0.15) is 12.5 Å². The van der Waals surface area contributed by atoms with Gasteiger partial charge in [0.2, 0.25) is 0 Å². The number of hydrogen-bond acceptors (Lipinski definition) is 7. The topological polar surface area (TPSA) is 97.8 Å². The number of nitrogens with one attached hydrogen (secondary N) is 1. The lowest BCUT2D eigenvalue weighted by atomic mass is 10.1. The molecule has 0 saturated carbocycles. The summed E-state index contributed by atoms with van der Waals surface area (Å²) in [7, 11) is -0.566. The summed E-state index contributed by atoms with van der Waals surface area (Å²) >= 11 is 1.18. The van der Waals surface area contributed by atoms with Gasteiger partial charge in [-0.25, -0.2) is 13.4 Å². The maximum absolute atomic E-state index is 12.8. The second-order valence-electron chi connectivity index (χ2n) is 7.11. The molecule has 3 aromatic rings. The summed E-state index contributed by atoms with van der Waals surface area (Å²) in [6.45, 7) is 3.49. The van der Waals surface area contributed by atoms with E-state index in [9.17, 15) is 13.2 Å². The molecule has 10 heteroatoms. The summed E-state index contributed by atoms with van der Waals surface area (Å²) in [5, 5.41) is 2.00. The van der Waals surface area contributed by atoms with E-state index in [1.165, 1.54) is 24.5 Å². The average molecular weight is 460 g/mol. The van der Waals surface area contributed by atoms with Crippen molar-refractivity contribution in [2.24, 2.45) is 0 Å². The summed E-state index contributed by atoms with van der Waals surface area (Å²) in [6, 6.07) is 10.1. The number of thiazole rings is 1. The van der Waals surface area contributed by atoms with Crippen LogP contribution in [0.2, 0.25) is 0 Å². The fraction of sp³-hybridized carbons (Fsp3) is 0.238. The van der Waals surface area contributed by atoms with Gasteiger partial charge in [0.25, 0.3) is 15.9 Å². The summed E-state index contributed by atoms with van der Waals surface area (Å²) in [5.41, 5.74) is 2.70. The van der Waals surface area contributed by atoms with Crippen LogP contribution in [0.15, 0.2) is 46.7 Å². The van der Waals surface area contributed by atoms with Crippen molar-refractivity contribution in [3.05, 3.63) is 47.3 Å². The van der Waals surface area contributed by atoms with Crippen molar-refractivity contribution in [1.82, 2.24) is 4.98 Å². The highest BCUT2D eigenvalue weighted by atomic mass is 32.2. The molecule has 2 heterocycles. The van der Waals surface area contributed by atoms with Crippen LogP contribution in [-0.2, 0) is 14.8 Å². The number of hydrogen-bond donors (Lipinski definition) is 1. The molecular weight excluding hydrogens is 438 g/mol. The number of sulfonamides is 1. The number of likely N-dealkylation sites (N-methyl/N-ethyl adjacent to an activating group) is 1. The minimum Gasteiger partial charge on any atom is -0.496 e. The molecule has 2 aromatic carbocycles. The Morgan fingerprint density at radius 3 is 2.71 bits per heavy atom. The van der Waals surface area contributed by atoms with Crippen LogP contribution in [0.4, 0.5) is 10.8 Å². The van der Waals surface area contributed by atoms with Crippen molar-refractivity contribution in [1.29, 1.82) is 0 Å². The lowest BCUT2D eigenvalue weighted by molar-refractivity contribution is -0.125. The van der Waals surface area contributed by atoms with E-state index in [-0.39, 0.29) is 15.9 Å². The second kappa shape index (κ2) is 7.86. The van der Waals surface area contributed by atoms with E-state index in [4.69, 9.17) is 9.47 Å². The van der Waals surface area contributed by atoms with Crippen molar-refractivity contribution in [2.45, 2.75) is 24.8 Å². The summed E-state index contributed by atoms with van der Waals surface area (Å²) < 4.78 is 38.9. The normalized spacial score (nSPS) is 15.9. The van der Waals surface area contributed by atoms with Gasteiger partial charge in [-0.05, 0) is 55.8 Å². The van der Waals surface area contributed by atoms with E-state index in [0.717, 1.165) is 11.1 Å². The van der Waals surface area contributed by atoms with Crippen molar-refractivity contribution >= 4 is 38.1 Å². The molecule has 31 heavy (non-hydrogen) atoms. The zero-order valence-corrected chi connectivity index (χ0v) is 19.0. The van der Waals surface area contributed by atoms with Gasteiger partial charge in [0, 0.05) is 18.0 Å². The van der Waals surface area contributed by atoms with Gasteiger partial charge < -0.3 is 14.4 Å². The van der Waals surface area contributed by atoms with Gasteiger partial charge in [-0.1, -0.05) is 0 Å². The number of anilines is 2. The van der Waals surface area contributed by atoms with Gasteiger partial charge >= 0.3 is 0 Å². The van der Waals surface area contributed by atoms with Crippen LogP contribution >= 0.6 is 11.3 Å². The SMILES string of the molecule is COc1ccc(S(=O)(=O)Nc2nc(-c3ccc4c(c3)N(C)C(=O)C(C)O4)cs2)cc1C. The zero-order valence-electron chi connectivity index (χ0n) is 17.4. The Balaban J connectivity index is 1.59. The van der Waals surface area contributed by atoms with E-state index in [2.05, 4.69) is 9.71 Å². The molecule has 0 spiro atoms. The first kappa shape index (κ1) is 21.1. The highest BCUT2D eigenvalue weighted by Crippen LogP contribution is 2.37. The minimum absolute atomic E-state index is 0.128. The van der Waals surface area contributed by atoms with Crippen LogP contribution in [0, 0.1) is 6.92 Å². The Morgan fingerprint density at radius 2 is 2.00 bits per heavy atom. The maximum Gasteiger partial charge on any atom is 0.267 e. The molecule has 1 atom stereocenters. The number of fused-ring (bicyclic) bond motifs is 1. The van der Waals surface area contributed by atoms with Crippen LogP contribution in [0.5, 0.6) is 11.5 Å². The molecule has 0 bridgehead atoms. The molecule has 8 nitrogen and oxygen atoms in total. The molecule has 1 aromatic heterocycles. The molecule has 162 valence electrons. The Bertz CT molecular complexity index is 1270. The number of amides is 1. The maximum atomic E-state index is 12.8. The highest BCUT2D eigenvalue weighted by Gasteiger charge is 2.29. The lowest BCUT2D eigenvalue weighted by Gasteiger charge is -2.30. The predicted octanol–water partition coefficient (Wildman–Crippen LogP) is 3.67. The van der Waals surface area contributed by atoms with Crippen molar-refractivity contribution in [3.63, 3.8) is 0 Å². The van der Waals surface area contributed by atoms with E-state index < -0.39 is 16.1 Å². The first-order chi connectivity index (χ1) is 14.7. The number of carbonyl (C=O) groups is 1. The van der Waals surface area contributed by atoms with E-state index in [1.54, 1.807) is 55.4 Å². The number of benzene rings is 2. The predicted molar refractivity (Wildman–Crippen MR) is 120 cm³/mol. The number of aromatic nitrogens is 1. The van der Waals surface area contributed by atoms with Crippen molar-refractivity contribution in [2.75, 3.05) is 23.8 Å². The lowest BCUT2D eigenvalue weighted by Crippen LogP contribution is -2.41. The molecule has 0 saturated heterocycles. The van der Waals surface area contributed by atoms with E-state index >= 15 is 0 Å². The van der Waals surface area contributed by atoms with Gasteiger partial charge in [0.05, 0.1) is 23.4 Å². The molecule has 4 rings (SSSR count). The van der Waals surface area contributed by atoms with Gasteiger partial charge in [0.1, 0.15) is 11.5 Å². The first-order valence-electron chi connectivity index (χ1n) is 9.41. The fourth-order valence-electron chi connectivity index (χ4n) is 3.32. The monoisotopic (exact) mass is 459 g/mol. The second-order valence-corrected chi connectivity index (χ2v) is 9.66. The standard InChI is InChI=1S/C21H21N3O5S2/c1-12-9-15(6-8-18(12)28-4)31(26,27)23-21-22-16(11-30-21)14-5-7-19-17(10-14)24(3)20(25)13(2)29-19/h5-11,13H,1-4H3,(H,22,23). The van der Waals surface area contributed by atoms with Gasteiger partial charge in [-0.2, -0.15) is 0 Å². The third kappa shape index (κ3) is 3.96. The Hall–Kier alpha value is -3.11. The number of methoxy groups -OCH3 is 1. The van der Waals surface area contributed by atoms with Crippen LogP contribution < -0.4 is 19.1 Å². The van der Waals surface area contributed by atoms with E-state index in [1.807, 2.05) is 6.07 Å². The Kier molecular flexibility index (Phi) is 5.36. The summed E-state index contributed by atoms with van der Waals surface area (Å²) in [5.74, 6) is 1.10. The molecule has 1 aliphatic rings. The zero-order chi connectivity index (χ0) is 22.3. The first-order valence-corrected chi connectivity index (χ1v) is 11.8. The molecule has 1 aliphatic heterocycles. The van der Waals surface area contributed by atoms with Gasteiger partial charge in [0.15, 0.2) is 11.2 Å². The molecule has 0 radical (unpaired) electrons. The van der Waals surface area contributed by atoms with Gasteiger partial charge in [-0.15, -0.1) is 11.3 Å². The quantitative estimate of drug-likeness (QED) is 0.625. The molecule has 1 amide bonds. The van der Waals surface area contributed by atoms with E-state index in [0.29, 0.717) is 22.9 Å². The Labute approximate surface area is 184 Å². The number of aryl methyl sites for hydroxylation is 1. The molecule has 1 N–H and O–H groups in total. The fourth-order valence-corrected chi connectivity index (χ4v) is 5.37. The molecule has 0 aliphatic carbocycles. The smallest absolute Gasteiger partial charge is 0.267 e. The molecular formula is C21H21N3O5S2. The number of ether oxygens (including phenoxy) is 2. The number of carbonyl (C=O) groups excluding carboxylic acids is 1. The van der Waals surface area contributed by atoms with Crippen LogP contribution in [-0.4, -0.2) is 39.6 Å². The highest BCUT2D eigenvalue weighted by molar-refractivity contribution is 7.93. The van der Waals surface area contributed by atoms with Crippen LogP contribution in [0.25, 0.3) is 11.3 Å². The Morgan fingerprint density at radius 1 is 1.23 bits per heavy atom. The summed E-state index contributed by atoms with van der Waals surface area (Å²) in [4.78, 5) is 18.3. The minimum atomic E-state index is -3.80. The number of rotatable bonds is 5. The third-order valence-electron chi connectivity index (χ3n) is 5.00. The molecule has 0 fully saturated rings. The van der Waals surface area contributed by atoms with Gasteiger partial charge in [-0.3, -0.25) is 9.52 Å². The van der Waals surface area contributed by atoms with Crippen molar-refractivity contribution in [3.8, 4) is 22.8 Å². The third-order valence-corrected chi connectivity index (χ3v) is 7.22. The average Bonchev–Trinajstić information content (AvgIpc) is 3.19. The number of nitrogens with zero attached hydrogens (tertiary/aromatic N) is 2. The van der Waals surface area contributed by atoms with Crippen LogP contribution in [0.3, 0.4) is 0 Å². The largest absolute Gasteiger partial charge is 0.496 e. The van der Waals surface area contributed by atoms with Crippen molar-refractivity contribution < 1.29 is 22.7 Å². The molecule has 1 unspecified atom stereocenters.